The van der Waals surface area contributed by atoms with Gasteiger partial charge in [-0.05, 0) is 50.5 Å². The second kappa shape index (κ2) is 6.11. The van der Waals surface area contributed by atoms with Gasteiger partial charge >= 0.3 is 5.97 Å². The average molecular weight is 368 g/mol. The number of carbonyl (C=O) groups excluding carboxylic acids is 1. The summed E-state index contributed by atoms with van der Waals surface area (Å²) in [6.45, 7) is 1.79. The van der Waals surface area contributed by atoms with Crippen molar-refractivity contribution in [2.24, 2.45) is 0 Å². The first-order valence-corrected chi connectivity index (χ1v) is 8.16. The van der Waals surface area contributed by atoms with Crippen LogP contribution in [0.1, 0.15) is 35.4 Å². The molecule has 1 aromatic carbocycles. The predicted octanol–water partition coefficient (Wildman–Crippen LogP) is 3.22. The maximum Gasteiger partial charge on any atom is 0.329 e. The summed E-state index contributed by atoms with van der Waals surface area (Å²) in [5.41, 5.74) is 0.374. The van der Waals surface area contributed by atoms with Crippen molar-refractivity contribution in [3.05, 3.63) is 45.7 Å². The zero-order valence-electron chi connectivity index (χ0n) is 12.8. The van der Waals surface area contributed by atoms with Crippen LogP contribution in [0.2, 0.25) is 10.0 Å². The van der Waals surface area contributed by atoms with E-state index in [-0.39, 0.29) is 5.69 Å². The van der Waals surface area contributed by atoms with Crippen LogP contribution >= 0.6 is 23.2 Å². The van der Waals surface area contributed by atoms with Gasteiger partial charge in [-0.15, -0.1) is 0 Å². The van der Waals surface area contributed by atoms with Crippen molar-refractivity contribution in [3.8, 4) is 5.69 Å². The van der Waals surface area contributed by atoms with Crippen LogP contribution < -0.4 is 5.32 Å². The van der Waals surface area contributed by atoms with Crippen LogP contribution in [0.3, 0.4) is 0 Å². The summed E-state index contributed by atoms with van der Waals surface area (Å²) < 4.78 is 1.56. The zero-order chi connectivity index (χ0) is 17.5. The summed E-state index contributed by atoms with van der Waals surface area (Å²) in [6, 6.07) is 6.64. The molecule has 0 bridgehead atoms. The Morgan fingerprint density at radius 2 is 1.96 bits per heavy atom. The minimum atomic E-state index is -1.17. The van der Waals surface area contributed by atoms with Crippen molar-refractivity contribution in [2.75, 3.05) is 0 Å². The second-order valence-electron chi connectivity index (χ2n) is 5.88. The van der Waals surface area contributed by atoms with E-state index >= 15 is 0 Å². The van der Waals surface area contributed by atoms with Gasteiger partial charge in [-0.2, -0.15) is 5.10 Å². The Bertz CT molecular complexity index is 828. The first-order chi connectivity index (χ1) is 11.3. The van der Waals surface area contributed by atoms with Crippen LogP contribution in [0.5, 0.6) is 0 Å². The fraction of sp³-hybridized carbons (Fsp3) is 0.312. The monoisotopic (exact) mass is 367 g/mol. The normalized spacial score (nSPS) is 15.6. The molecule has 1 fully saturated rings. The quantitative estimate of drug-likeness (QED) is 0.868. The van der Waals surface area contributed by atoms with Crippen molar-refractivity contribution in [2.45, 2.75) is 31.7 Å². The van der Waals surface area contributed by atoms with E-state index in [0.717, 1.165) is 12.1 Å². The number of aliphatic carboxylic acids is 1. The van der Waals surface area contributed by atoms with Crippen molar-refractivity contribution in [1.82, 2.24) is 15.1 Å². The van der Waals surface area contributed by atoms with Gasteiger partial charge in [0.2, 0.25) is 0 Å². The maximum atomic E-state index is 12.4. The van der Waals surface area contributed by atoms with Crippen LogP contribution in [0, 0.1) is 6.92 Å². The van der Waals surface area contributed by atoms with Gasteiger partial charge in [0, 0.05) is 5.69 Å². The van der Waals surface area contributed by atoms with E-state index in [1.807, 2.05) is 0 Å². The van der Waals surface area contributed by atoms with Crippen molar-refractivity contribution in [1.29, 1.82) is 0 Å². The summed E-state index contributed by atoms with van der Waals surface area (Å²) in [5.74, 6) is -1.51. The van der Waals surface area contributed by atoms with E-state index in [1.165, 1.54) is 0 Å². The van der Waals surface area contributed by atoms with Gasteiger partial charge in [0.25, 0.3) is 5.91 Å². The van der Waals surface area contributed by atoms with Gasteiger partial charge in [-0.3, -0.25) is 4.79 Å². The maximum absolute atomic E-state index is 12.4. The number of carboxylic acid groups (broad SMARTS) is 1. The highest BCUT2D eigenvalue weighted by Crippen LogP contribution is 2.32. The van der Waals surface area contributed by atoms with Crippen LogP contribution in [-0.4, -0.2) is 32.3 Å². The van der Waals surface area contributed by atoms with Gasteiger partial charge < -0.3 is 10.4 Å². The van der Waals surface area contributed by atoms with E-state index in [2.05, 4.69) is 10.4 Å². The molecule has 1 aromatic heterocycles. The van der Waals surface area contributed by atoms with Gasteiger partial charge in [0.05, 0.1) is 15.7 Å². The van der Waals surface area contributed by atoms with Crippen LogP contribution in [-0.2, 0) is 4.79 Å². The predicted molar refractivity (Wildman–Crippen MR) is 90.0 cm³/mol. The lowest BCUT2D eigenvalue weighted by Gasteiger charge is -2.37. The molecule has 126 valence electrons. The highest BCUT2D eigenvalue weighted by molar-refractivity contribution is 6.42. The first-order valence-electron chi connectivity index (χ1n) is 7.40. The van der Waals surface area contributed by atoms with Crippen molar-refractivity contribution in [3.63, 3.8) is 0 Å². The molecular weight excluding hydrogens is 353 g/mol. The summed E-state index contributed by atoms with van der Waals surface area (Å²) in [6.07, 6.45) is 1.64. The van der Waals surface area contributed by atoms with Crippen LogP contribution in [0.15, 0.2) is 24.3 Å². The molecule has 1 aliphatic rings. The number of carboxylic acids is 1. The van der Waals surface area contributed by atoms with E-state index in [9.17, 15) is 14.7 Å². The number of nitrogens with one attached hydrogen (secondary N) is 1. The summed E-state index contributed by atoms with van der Waals surface area (Å²) in [7, 11) is 0. The van der Waals surface area contributed by atoms with Gasteiger partial charge in [0.15, 0.2) is 5.69 Å². The lowest BCUT2D eigenvalue weighted by atomic mass is 9.76. The molecule has 0 saturated heterocycles. The molecule has 2 aromatic rings. The molecule has 0 unspecified atom stereocenters. The topological polar surface area (TPSA) is 84.2 Å². The average Bonchev–Trinajstić information content (AvgIpc) is 2.87. The molecule has 0 spiro atoms. The molecule has 8 heteroatoms. The van der Waals surface area contributed by atoms with Crippen molar-refractivity contribution < 1.29 is 14.7 Å². The summed E-state index contributed by atoms with van der Waals surface area (Å²) in [4.78, 5) is 23.7. The van der Waals surface area contributed by atoms with Gasteiger partial charge in [0.1, 0.15) is 5.54 Å². The Labute approximate surface area is 148 Å². The van der Waals surface area contributed by atoms with E-state index in [1.54, 1.807) is 35.9 Å². The number of halogens is 2. The highest BCUT2D eigenvalue weighted by Gasteiger charge is 2.46. The number of rotatable bonds is 4. The molecule has 1 heterocycles. The van der Waals surface area contributed by atoms with Crippen LogP contribution in [0.4, 0.5) is 0 Å². The number of amides is 1. The van der Waals surface area contributed by atoms with E-state index in [4.69, 9.17) is 23.2 Å². The minimum Gasteiger partial charge on any atom is -0.480 e. The Morgan fingerprint density at radius 1 is 1.25 bits per heavy atom. The molecule has 1 aliphatic carbocycles. The number of nitrogens with zero attached hydrogens (tertiary/aromatic N) is 2. The molecule has 2 N–H and O–H groups in total. The Balaban J connectivity index is 1.87. The smallest absolute Gasteiger partial charge is 0.329 e. The summed E-state index contributed by atoms with van der Waals surface area (Å²) in [5, 5.41) is 17.0. The first kappa shape index (κ1) is 16.8. The lowest BCUT2D eigenvalue weighted by Crippen LogP contribution is -2.59. The minimum absolute atomic E-state index is 0.158. The molecule has 6 nitrogen and oxygen atoms in total. The molecular formula is C16H15Cl2N3O3. The molecule has 24 heavy (non-hydrogen) atoms. The van der Waals surface area contributed by atoms with Gasteiger partial charge in [-0.25, -0.2) is 9.48 Å². The second-order valence-corrected chi connectivity index (χ2v) is 6.69. The number of carbonyl (C=O) groups is 2. The zero-order valence-corrected chi connectivity index (χ0v) is 14.4. The number of benzene rings is 1. The third kappa shape index (κ3) is 2.87. The molecule has 1 saturated carbocycles. The molecule has 3 rings (SSSR count). The lowest BCUT2D eigenvalue weighted by molar-refractivity contribution is -0.148. The SMILES string of the molecule is Cc1cc(C(=O)NC2(C(=O)O)CCC2)nn1-c1ccc(Cl)c(Cl)c1. The number of aromatic nitrogens is 2. The van der Waals surface area contributed by atoms with Gasteiger partial charge in [-0.1, -0.05) is 23.2 Å². The Morgan fingerprint density at radius 3 is 2.50 bits per heavy atom. The third-order valence-electron chi connectivity index (χ3n) is 4.24. The largest absolute Gasteiger partial charge is 0.480 e. The molecule has 1 amide bonds. The Kier molecular flexibility index (Phi) is 4.27. The Hall–Kier alpha value is -2.05. The van der Waals surface area contributed by atoms with Crippen LogP contribution in [0.25, 0.3) is 5.69 Å². The third-order valence-corrected chi connectivity index (χ3v) is 4.98. The van der Waals surface area contributed by atoms with E-state index in [0.29, 0.717) is 28.6 Å². The standard InChI is InChI=1S/C16H15Cl2N3O3/c1-9-7-13(14(22)19-16(15(23)24)5-2-6-16)20-21(9)10-3-4-11(17)12(18)8-10/h3-4,7-8H,2,5-6H2,1H3,(H,19,22)(H,23,24). The van der Waals surface area contributed by atoms with E-state index < -0.39 is 17.4 Å². The number of aryl methyl sites for hydroxylation is 1. The highest BCUT2D eigenvalue weighted by atomic mass is 35.5. The van der Waals surface area contributed by atoms with Crippen molar-refractivity contribution >= 4 is 35.1 Å². The molecule has 0 atom stereocenters. The number of hydrogen-bond acceptors (Lipinski definition) is 3. The number of hydrogen-bond donors (Lipinski definition) is 2. The fourth-order valence-corrected chi connectivity index (χ4v) is 2.96. The fourth-order valence-electron chi connectivity index (χ4n) is 2.67. The summed E-state index contributed by atoms with van der Waals surface area (Å²) >= 11 is 11.9. The molecule has 0 aliphatic heterocycles. The molecule has 0 radical (unpaired) electrons.